The smallest absolute Gasteiger partial charge is 0.322 e. The van der Waals surface area contributed by atoms with E-state index in [4.69, 9.17) is 0 Å². The molecule has 0 spiro atoms. The third kappa shape index (κ3) is 4.28. The largest absolute Gasteiger partial charge is 0.332 e. The number of fused-ring (bicyclic) bond motifs is 3. The maximum absolute atomic E-state index is 13.5. The van der Waals surface area contributed by atoms with E-state index in [1.54, 1.807) is 9.58 Å². The molecule has 31 heavy (non-hydrogen) atoms. The molecule has 3 heterocycles. The van der Waals surface area contributed by atoms with Gasteiger partial charge in [0.1, 0.15) is 11.5 Å². The third-order valence-corrected chi connectivity index (χ3v) is 6.17. The first-order chi connectivity index (χ1) is 14.7. The van der Waals surface area contributed by atoms with Gasteiger partial charge in [0.25, 0.3) is 12.3 Å². The van der Waals surface area contributed by atoms with E-state index in [0.717, 1.165) is 4.90 Å². The van der Waals surface area contributed by atoms with Crippen LogP contribution >= 0.6 is 15.9 Å². The second-order valence-corrected chi connectivity index (χ2v) is 8.59. The van der Waals surface area contributed by atoms with Crippen LogP contribution in [0.1, 0.15) is 35.1 Å². The highest BCUT2D eigenvalue weighted by molar-refractivity contribution is 9.10. The van der Waals surface area contributed by atoms with E-state index in [1.807, 2.05) is 6.92 Å². The number of amides is 3. The van der Waals surface area contributed by atoms with Gasteiger partial charge >= 0.3 is 6.03 Å². The summed E-state index contributed by atoms with van der Waals surface area (Å²) in [7, 11) is 0. The van der Waals surface area contributed by atoms with Crippen molar-refractivity contribution in [3.8, 4) is 0 Å². The minimum absolute atomic E-state index is 0.133. The molecule has 0 saturated carbocycles. The average molecular weight is 500 g/mol. The van der Waals surface area contributed by atoms with Gasteiger partial charge in [0.2, 0.25) is 0 Å². The molecule has 1 aromatic carbocycles. The predicted octanol–water partition coefficient (Wildman–Crippen LogP) is 3.87. The standard InChI is InChI=1S/C20H21BrF3N5O2/c1-11-7-16-13(9-28(11)20(31)25-12-3-4-15(22)14(21)8-12)18-19(30)27(10-17(23)24)5-2-6-29(18)26-16/h3-4,8,11,17H,2,5-7,9-10H2,1H3,(H,25,31). The number of halogens is 4. The Hall–Kier alpha value is -2.56. The number of alkyl halides is 2. The molecule has 2 aliphatic rings. The van der Waals surface area contributed by atoms with Crippen LogP contribution in [0, 0.1) is 5.82 Å². The molecule has 2 aromatic rings. The minimum atomic E-state index is -2.62. The van der Waals surface area contributed by atoms with Crippen LogP contribution in [-0.4, -0.2) is 57.1 Å². The molecule has 1 unspecified atom stereocenters. The topological polar surface area (TPSA) is 70.5 Å². The van der Waals surface area contributed by atoms with Crippen LogP contribution in [0.3, 0.4) is 0 Å². The highest BCUT2D eigenvalue weighted by atomic mass is 79.9. The van der Waals surface area contributed by atoms with Gasteiger partial charge in [0.15, 0.2) is 0 Å². The summed E-state index contributed by atoms with van der Waals surface area (Å²) in [5, 5.41) is 7.28. The lowest BCUT2D eigenvalue weighted by Crippen LogP contribution is -2.45. The summed E-state index contributed by atoms with van der Waals surface area (Å²) in [6.45, 7) is 2.07. The molecular formula is C20H21BrF3N5O2. The van der Waals surface area contributed by atoms with Gasteiger partial charge in [-0.1, -0.05) is 0 Å². The lowest BCUT2D eigenvalue weighted by atomic mass is 9.99. The summed E-state index contributed by atoms with van der Waals surface area (Å²) in [6.07, 6.45) is -1.64. The first kappa shape index (κ1) is 21.7. The second-order valence-electron chi connectivity index (χ2n) is 7.73. The number of hydrogen-bond acceptors (Lipinski definition) is 3. The number of rotatable bonds is 3. The molecule has 0 aliphatic carbocycles. The number of hydrogen-bond donors (Lipinski definition) is 1. The molecule has 2 aliphatic heterocycles. The van der Waals surface area contributed by atoms with Gasteiger partial charge in [0.05, 0.1) is 23.3 Å². The average Bonchev–Trinajstić information content (AvgIpc) is 2.97. The lowest BCUT2D eigenvalue weighted by molar-refractivity contribution is 0.0557. The maximum Gasteiger partial charge on any atom is 0.322 e. The zero-order chi connectivity index (χ0) is 22.3. The summed E-state index contributed by atoms with van der Waals surface area (Å²) in [6, 6.07) is 3.57. The number of nitrogens with one attached hydrogen (secondary N) is 1. The summed E-state index contributed by atoms with van der Waals surface area (Å²) in [5.41, 5.74) is 2.01. The van der Waals surface area contributed by atoms with E-state index < -0.39 is 30.7 Å². The highest BCUT2D eigenvalue weighted by Gasteiger charge is 2.36. The Morgan fingerprint density at radius 2 is 2.13 bits per heavy atom. The molecule has 166 valence electrons. The van der Waals surface area contributed by atoms with Crippen molar-refractivity contribution in [2.24, 2.45) is 0 Å². The van der Waals surface area contributed by atoms with Crippen LogP contribution in [0.5, 0.6) is 0 Å². The number of benzene rings is 1. The van der Waals surface area contributed by atoms with Gasteiger partial charge in [0, 0.05) is 36.8 Å². The Bertz CT molecular complexity index is 1030. The number of urea groups is 1. The molecule has 0 radical (unpaired) electrons. The zero-order valence-electron chi connectivity index (χ0n) is 16.7. The Kier molecular flexibility index (Phi) is 5.96. The summed E-state index contributed by atoms with van der Waals surface area (Å²) >= 11 is 3.09. The molecule has 1 atom stereocenters. The molecule has 0 fully saturated rings. The van der Waals surface area contributed by atoms with Gasteiger partial charge in [-0.25, -0.2) is 18.0 Å². The molecule has 7 nitrogen and oxygen atoms in total. The van der Waals surface area contributed by atoms with E-state index in [0.29, 0.717) is 36.3 Å². The van der Waals surface area contributed by atoms with E-state index >= 15 is 0 Å². The molecule has 3 amide bonds. The van der Waals surface area contributed by atoms with Gasteiger partial charge in [-0.15, -0.1) is 0 Å². The molecule has 1 N–H and O–H groups in total. The van der Waals surface area contributed by atoms with Gasteiger partial charge in [-0.05, 0) is 47.5 Å². The first-order valence-electron chi connectivity index (χ1n) is 9.93. The molecule has 0 bridgehead atoms. The molecule has 1 aromatic heterocycles. The normalized spacial score (nSPS) is 18.6. The Morgan fingerprint density at radius 1 is 1.35 bits per heavy atom. The van der Waals surface area contributed by atoms with Crippen molar-refractivity contribution in [3.05, 3.63) is 45.4 Å². The van der Waals surface area contributed by atoms with Crippen molar-refractivity contribution >= 4 is 33.6 Å². The number of carbonyl (C=O) groups excluding carboxylic acids is 2. The molecular weight excluding hydrogens is 479 g/mol. The van der Waals surface area contributed by atoms with E-state index in [-0.39, 0.29) is 29.3 Å². The summed E-state index contributed by atoms with van der Waals surface area (Å²) < 4.78 is 41.2. The highest BCUT2D eigenvalue weighted by Crippen LogP contribution is 2.29. The molecule has 0 saturated heterocycles. The molecule has 4 rings (SSSR count). The van der Waals surface area contributed by atoms with Crippen molar-refractivity contribution < 1.29 is 22.8 Å². The number of carbonyl (C=O) groups is 2. The summed E-state index contributed by atoms with van der Waals surface area (Å²) in [4.78, 5) is 28.6. The fourth-order valence-electron chi connectivity index (χ4n) is 4.04. The minimum Gasteiger partial charge on any atom is -0.332 e. The molecule has 11 heteroatoms. The number of nitrogens with zero attached hydrogens (tertiary/aromatic N) is 4. The SMILES string of the molecule is CC1Cc2nn3c(c2CN1C(=O)Nc1ccc(F)c(Br)c1)C(=O)N(CC(F)F)CCC3. The van der Waals surface area contributed by atoms with Crippen molar-refractivity contribution in [1.29, 1.82) is 0 Å². The van der Waals surface area contributed by atoms with Crippen molar-refractivity contribution in [3.63, 3.8) is 0 Å². The third-order valence-electron chi connectivity index (χ3n) is 5.56. The Labute approximate surface area is 185 Å². The first-order valence-corrected chi connectivity index (χ1v) is 10.7. The van der Waals surface area contributed by atoms with Crippen LogP contribution in [0.15, 0.2) is 22.7 Å². The summed E-state index contributed by atoms with van der Waals surface area (Å²) in [5.74, 6) is -0.924. The lowest BCUT2D eigenvalue weighted by Gasteiger charge is -2.33. The van der Waals surface area contributed by atoms with Gasteiger partial charge in [-0.2, -0.15) is 5.10 Å². The van der Waals surface area contributed by atoms with Crippen LogP contribution in [-0.2, 0) is 19.5 Å². The van der Waals surface area contributed by atoms with Crippen molar-refractivity contribution in [2.75, 3.05) is 18.4 Å². The predicted molar refractivity (Wildman–Crippen MR) is 111 cm³/mol. The Balaban J connectivity index is 1.59. The zero-order valence-corrected chi connectivity index (χ0v) is 18.3. The monoisotopic (exact) mass is 499 g/mol. The van der Waals surface area contributed by atoms with Crippen LogP contribution < -0.4 is 5.32 Å². The van der Waals surface area contributed by atoms with E-state index in [9.17, 15) is 22.8 Å². The van der Waals surface area contributed by atoms with E-state index in [1.165, 1.54) is 18.2 Å². The van der Waals surface area contributed by atoms with Crippen molar-refractivity contribution in [1.82, 2.24) is 19.6 Å². The fraction of sp³-hybridized carbons (Fsp3) is 0.450. The number of anilines is 1. The van der Waals surface area contributed by atoms with E-state index in [2.05, 4.69) is 26.3 Å². The fourth-order valence-corrected chi connectivity index (χ4v) is 4.42. The number of aromatic nitrogens is 2. The Morgan fingerprint density at radius 3 is 2.84 bits per heavy atom. The quantitative estimate of drug-likeness (QED) is 0.696. The maximum atomic E-state index is 13.5. The second kappa shape index (κ2) is 8.52. The van der Waals surface area contributed by atoms with Gasteiger partial charge in [-0.3, -0.25) is 9.48 Å². The van der Waals surface area contributed by atoms with Gasteiger partial charge < -0.3 is 15.1 Å². The number of aryl methyl sites for hydroxylation is 1. The van der Waals surface area contributed by atoms with Crippen molar-refractivity contribution in [2.45, 2.75) is 45.3 Å². The van der Waals surface area contributed by atoms with Crippen LogP contribution in [0.25, 0.3) is 0 Å². The van der Waals surface area contributed by atoms with Crippen LogP contribution in [0.4, 0.5) is 23.7 Å². The van der Waals surface area contributed by atoms with Crippen LogP contribution in [0.2, 0.25) is 0 Å².